The van der Waals surface area contributed by atoms with Gasteiger partial charge in [0.1, 0.15) is 0 Å². The molecule has 3 rings (SSSR count). The first kappa shape index (κ1) is 16.1. The highest BCUT2D eigenvalue weighted by atomic mass is 16.2. The second-order valence-corrected chi connectivity index (χ2v) is 7.09. The molecule has 1 atom stereocenters. The minimum atomic E-state index is 0.181. The van der Waals surface area contributed by atoms with Crippen LogP contribution in [-0.4, -0.2) is 40.4 Å². The van der Waals surface area contributed by atoms with Crippen LogP contribution in [0.15, 0.2) is 18.5 Å². The van der Waals surface area contributed by atoms with Crippen LogP contribution in [-0.2, 0) is 23.1 Å². The average molecular weight is 317 g/mol. The van der Waals surface area contributed by atoms with Crippen molar-refractivity contribution in [3.63, 3.8) is 0 Å². The summed E-state index contributed by atoms with van der Waals surface area (Å²) >= 11 is 0. The van der Waals surface area contributed by atoms with Crippen LogP contribution < -0.4 is 5.32 Å². The quantitative estimate of drug-likeness (QED) is 0.871. The molecule has 1 aromatic rings. The lowest BCUT2D eigenvalue weighted by atomic mass is 9.93. The summed E-state index contributed by atoms with van der Waals surface area (Å²) in [6, 6.07) is 2.44. The Hall–Kier alpha value is -1.78. The second kappa shape index (κ2) is 7.20. The first-order valence-corrected chi connectivity index (χ1v) is 8.78. The lowest BCUT2D eigenvalue weighted by Crippen LogP contribution is -2.41. The van der Waals surface area contributed by atoms with Crippen molar-refractivity contribution in [3.05, 3.63) is 24.0 Å². The van der Waals surface area contributed by atoms with Gasteiger partial charge in [0, 0.05) is 45.0 Å². The van der Waals surface area contributed by atoms with Gasteiger partial charge in [-0.05, 0) is 49.7 Å². The van der Waals surface area contributed by atoms with Crippen LogP contribution >= 0.6 is 0 Å². The number of nitrogens with zero attached hydrogens (tertiary/aromatic N) is 2. The molecule has 126 valence electrons. The summed E-state index contributed by atoms with van der Waals surface area (Å²) in [7, 11) is 1.97. The molecule has 2 fully saturated rings. The largest absolute Gasteiger partial charge is 0.357 e. The van der Waals surface area contributed by atoms with Gasteiger partial charge >= 0.3 is 0 Å². The number of aromatic nitrogens is 1. The summed E-state index contributed by atoms with van der Waals surface area (Å²) in [5.74, 6) is 0.858. The Morgan fingerprint density at radius 3 is 2.83 bits per heavy atom. The molecule has 2 amide bonds. The Kier molecular flexibility index (Phi) is 5.03. The maximum absolute atomic E-state index is 12.5. The highest BCUT2D eigenvalue weighted by Gasteiger charge is 2.26. The van der Waals surface area contributed by atoms with Gasteiger partial charge < -0.3 is 14.8 Å². The van der Waals surface area contributed by atoms with Gasteiger partial charge in [-0.25, -0.2) is 0 Å². The number of hydrogen-bond donors (Lipinski definition) is 1. The molecule has 23 heavy (non-hydrogen) atoms. The molecule has 0 aromatic carbocycles. The van der Waals surface area contributed by atoms with Crippen molar-refractivity contribution in [1.29, 1.82) is 0 Å². The number of amides is 2. The summed E-state index contributed by atoms with van der Waals surface area (Å²) in [6.45, 7) is 1.67. The Morgan fingerprint density at radius 2 is 2.13 bits per heavy atom. The van der Waals surface area contributed by atoms with Crippen molar-refractivity contribution in [2.24, 2.45) is 13.0 Å². The molecule has 0 bridgehead atoms. The number of nitrogens with one attached hydrogen (secondary N) is 1. The molecule has 1 saturated carbocycles. The van der Waals surface area contributed by atoms with Crippen molar-refractivity contribution < 1.29 is 9.59 Å². The molecular weight excluding hydrogens is 290 g/mol. The van der Waals surface area contributed by atoms with Gasteiger partial charge in [-0.15, -0.1) is 0 Å². The van der Waals surface area contributed by atoms with Gasteiger partial charge in [0.25, 0.3) is 0 Å². The van der Waals surface area contributed by atoms with E-state index in [9.17, 15) is 9.59 Å². The van der Waals surface area contributed by atoms with Gasteiger partial charge in [-0.3, -0.25) is 9.59 Å². The maximum Gasteiger partial charge on any atom is 0.227 e. The number of aryl methyl sites for hydroxylation is 1. The lowest BCUT2D eigenvalue weighted by molar-refractivity contribution is -0.132. The fourth-order valence-corrected chi connectivity index (χ4v) is 3.34. The number of piperidine rings is 1. The van der Waals surface area contributed by atoms with E-state index in [-0.39, 0.29) is 11.8 Å². The molecule has 2 aliphatic rings. The fraction of sp³-hybridized carbons (Fsp3) is 0.667. The van der Waals surface area contributed by atoms with E-state index in [1.807, 2.05) is 35.0 Å². The summed E-state index contributed by atoms with van der Waals surface area (Å²) in [5, 5.41) is 3.04. The molecule has 1 saturated heterocycles. The van der Waals surface area contributed by atoms with E-state index in [1.165, 1.54) is 0 Å². The molecule has 0 radical (unpaired) electrons. The Labute approximate surface area is 138 Å². The highest BCUT2D eigenvalue weighted by Crippen LogP contribution is 2.23. The van der Waals surface area contributed by atoms with Crippen LogP contribution in [0.3, 0.4) is 0 Å². The molecule has 0 spiro atoms. The molecule has 5 nitrogen and oxygen atoms in total. The molecule has 2 heterocycles. The monoisotopic (exact) mass is 317 g/mol. The normalized spacial score (nSPS) is 21.3. The lowest BCUT2D eigenvalue weighted by Gasteiger charge is -2.32. The summed E-state index contributed by atoms with van der Waals surface area (Å²) in [5.41, 5.74) is 1.07. The molecular formula is C18H27N3O2. The standard InChI is InChI=1S/C18H27N3O2/c1-20-10-8-15(12-20)11-18(23)21-9-2-3-14(13-21)4-7-17(22)19-16-5-6-16/h8,10,12,14,16H,2-7,9,11,13H2,1H3,(H,19,22). The van der Waals surface area contributed by atoms with Gasteiger partial charge in [-0.2, -0.15) is 0 Å². The molecule has 1 unspecified atom stereocenters. The Bertz CT molecular complexity index is 562. The first-order valence-electron chi connectivity index (χ1n) is 8.78. The molecule has 1 aromatic heterocycles. The fourth-order valence-electron chi connectivity index (χ4n) is 3.34. The maximum atomic E-state index is 12.5. The number of carbonyl (C=O) groups is 2. The van der Waals surface area contributed by atoms with E-state index in [2.05, 4.69) is 5.32 Å². The average Bonchev–Trinajstić information content (AvgIpc) is 3.26. The third kappa shape index (κ3) is 4.85. The third-order valence-corrected chi connectivity index (χ3v) is 4.84. The number of carbonyl (C=O) groups excluding carboxylic acids is 2. The highest BCUT2D eigenvalue weighted by molar-refractivity contribution is 5.79. The molecule has 1 aliphatic heterocycles. The SMILES string of the molecule is Cn1ccc(CC(=O)N2CCCC(CCC(=O)NC3CC3)C2)c1. The van der Waals surface area contributed by atoms with Crippen molar-refractivity contribution in [2.45, 2.75) is 51.0 Å². The van der Waals surface area contributed by atoms with Gasteiger partial charge in [0.05, 0.1) is 6.42 Å². The number of likely N-dealkylation sites (tertiary alicyclic amines) is 1. The topological polar surface area (TPSA) is 54.3 Å². The number of rotatable bonds is 6. The van der Waals surface area contributed by atoms with Crippen molar-refractivity contribution in [3.8, 4) is 0 Å². The van der Waals surface area contributed by atoms with Crippen LogP contribution in [0.2, 0.25) is 0 Å². The van der Waals surface area contributed by atoms with Crippen LogP contribution in [0.1, 0.15) is 44.1 Å². The number of hydrogen-bond acceptors (Lipinski definition) is 2. The van der Waals surface area contributed by atoms with E-state index >= 15 is 0 Å². The van der Waals surface area contributed by atoms with Gasteiger partial charge in [-0.1, -0.05) is 0 Å². The van der Waals surface area contributed by atoms with Crippen LogP contribution in [0.4, 0.5) is 0 Å². The van der Waals surface area contributed by atoms with Gasteiger partial charge in [0.15, 0.2) is 0 Å². The zero-order chi connectivity index (χ0) is 16.2. The Morgan fingerprint density at radius 1 is 1.30 bits per heavy atom. The van der Waals surface area contributed by atoms with Crippen molar-refractivity contribution in [1.82, 2.24) is 14.8 Å². The minimum Gasteiger partial charge on any atom is -0.357 e. The van der Waals surface area contributed by atoms with E-state index < -0.39 is 0 Å². The molecule has 1 N–H and O–H groups in total. The van der Waals surface area contributed by atoms with Crippen LogP contribution in [0.25, 0.3) is 0 Å². The smallest absolute Gasteiger partial charge is 0.227 e. The van der Waals surface area contributed by atoms with E-state index in [0.29, 0.717) is 24.8 Å². The summed E-state index contributed by atoms with van der Waals surface area (Å²) in [4.78, 5) is 26.2. The summed E-state index contributed by atoms with van der Waals surface area (Å²) in [6.07, 6.45) is 10.4. The predicted octanol–water partition coefficient (Wildman–Crippen LogP) is 1.86. The minimum absolute atomic E-state index is 0.181. The van der Waals surface area contributed by atoms with E-state index in [4.69, 9.17) is 0 Å². The second-order valence-electron chi connectivity index (χ2n) is 7.09. The molecule has 1 aliphatic carbocycles. The zero-order valence-corrected chi connectivity index (χ0v) is 14.0. The van der Waals surface area contributed by atoms with E-state index in [0.717, 1.165) is 50.8 Å². The molecule has 5 heteroatoms. The van der Waals surface area contributed by atoms with Crippen LogP contribution in [0.5, 0.6) is 0 Å². The van der Waals surface area contributed by atoms with Crippen molar-refractivity contribution in [2.75, 3.05) is 13.1 Å². The summed E-state index contributed by atoms with van der Waals surface area (Å²) < 4.78 is 1.97. The Balaban J connectivity index is 1.43. The first-order chi connectivity index (χ1) is 11.1. The van der Waals surface area contributed by atoms with Crippen molar-refractivity contribution >= 4 is 11.8 Å². The zero-order valence-electron chi connectivity index (χ0n) is 14.0. The van der Waals surface area contributed by atoms with E-state index in [1.54, 1.807) is 0 Å². The van der Waals surface area contributed by atoms with Crippen LogP contribution in [0, 0.1) is 5.92 Å². The van der Waals surface area contributed by atoms with Gasteiger partial charge in [0.2, 0.25) is 11.8 Å². The third-order valence-electron chi connectivity index (χ3n) is 4.84. The predicted molar refractivity (Wildman–Crippen MR) is 88.8 cm³/mol.